The Hall–Kier alpha value is -3.22. The lowest BCUT2D eigenvalue weighted by molar-refractivity contribution is 0.0696. The van der Waals surface area contributed by atoms with Gasteiger partial charge in [-0.15, -0.1) is 10.2 Å². The molecule has 0 saturated heterocycles. The average Bonchev–Trinajstić information content (AvgIpc) is 3.16. The van der Waals surface area contributed by atoms with Crippen LogP contribution in [0.1, 0.15) is 21.7 Å². The van der Waals surface area contributed by atoms with Gasteiger partial charge in [-0.05, 0) is 30.7 Å². The minimum Gasteiger partial charge on any atom is -0.478 e. The van der Waals surface area contributed by atoms with E-state index in [1.54, 1.807) is 31.2 Å². The third kappa shape index (κ3) is 2.64. The van der Waals surface area contributed by atoms with Crippen molar-refractivity contribution in [1.82, 2.24) is 14.9 Å². The second-order valence-corrected chi connectivity index (χ2v) is 4.57. The molecule has 0 radical (unpaired) electrons. The Morgan fingerprint density at radius 1 is 1.27 bits per heavy atom. The van der Waals surface area contributed by atoms with Crippen molar-refractivity contribution in [3.63, 3.8) is 0 Å². The number of carbonyl (C=O) groups is 1. The van der Waals surface area contributed by atoms with Crippen LogP contribution >= 0.6 is 0 Å². The van der Waals surface area contributed by atoms with Crippen molar-refractivity contribution in [2.24, 2.45) is 5.10 Å². The van der Waals surface area contributed by atoms with E-state index in [9.17, 15) is 4.79 Å². The Kier molecular flexibility index (Phi) is 3.53. The molecule has 0 saturated carbocycles. The molecular weight excluding hydrogens is 284 g/mol. The molecule has 7 heteroatoms. The van der Waals surface area contributed by atoms with Crippen LogP contribution in [-0.4, -0.2) is 32.2 Å². The van der Waals surface area contributed by atoms with Crippen molar-refractivity contribution in [3.05, 3.63) is 59.9 Å². The number of carboxylic acid groups (broad SMARTS) is 1. The van der Waals surface area contributed by atoms with Gasteiger partial charge in [-0.3, -0.25) is 0 Å². The van der Waals surface area contributed by atoms with Gasteiger partial charge in [-0.25, -0.2) is 9.47 Å². The van der Waals surface area contributed by atoms with Gasteiger partial charge in [0.15, 0.2) is 0 Å². The molecule has 3 rings (SSSR count). The van der Waals surface area contributed by atoms with E-state index in [1.165, 1.54) is 23.5 Å². The van der Waals surface area contributed by atoms with Crippen LogP contribution in [0.3, 0.4) is 0 Å². The van der Waals surface area contributed by atoms with Crippen LogP contribution in [0.4, 0.5) is 0 Å². The summed E-state index contributed by atoms with van der Waals surface area (Å²) in [4.78, 5) is 11.2. The van der Waals surface area contributed by atoms with Crippen LogP contribution in [-0.2, 0) is 0 Å². The van der Waals surface area contributed by atoms with Gasteiger partial charge >= 0.3 is 5.97 Å². The quantitative estimate of drug-likeness (QED) is 0.746. The zero-order chi connectivity index (χ0) is 15.5. The highest BCUT2D eigenvalue weighted by atomic mass is 16.4. The van der Waals surface area contributed by atoms with Gasteiger partial charge in [0, 0.05) is 5.56 Å². The van der Waals surface area contributed by atoms with Gasteiger partial charge in [-0.1, -0.05) is 12.1 Å². The molecule has 0 aliphatic carbocycles. The average molecular weight is 296 g/mol. The molecule has 0 fully saturated rings. The topological polar surface area (TPSA) is 93.5 Å². The third-order valence-corrected chi connectivity index (χ3v) is 3.18. The lowest BCUT2D eigenvalue weighted by Crippen LogP contribution is -2.00. The van der Waals surface area contributed by atoms with Gasteiger partial charge in [0.2, 0.25) is 0 Å². The first-order valence-corrected chi connectivity index (χ1v) is 6.47. The van der Waals surface area contributed by atoms with E-state index < -0.39 is 5.97 Å². The summed E-state index contributed by atoms with van der Waals surface area (Å²) in [5.74, 6) is 0.176. The summed E-state index contributed by atoms with van der Waals surface area (Å²) in [6.45, 7) is 1.76. The maximum atomic E-state index is 11.2. The molecule has 7 nitrogen and oxygen atoms in total. The summed E-state index contributed by atoms with van der Waals surface area (Å²) in [6.07, 6.45) is 4.45. The van der Waals surface area contributed by atoms with Crippen molar-refractivity contribution in [3.8, 4) is 11.3 Å². The fourth-order valence-corrected chi connectivity index (χ4v) is 2.08. The highest BCUT2D eigenvalue weighted by Gasteiger charge is 2.13. The summed E-state index contributed by atoms with van der Waals surface area (Å²) in [5, 5.41) is 20.5. The number of aromatic nitrogens is 3. The van der Waals surface area contributed by atoms with Crippen molar-refractivity contribution >= 4 is 12.2 Å². The Morgan fingerprint density at radius 2 is 2.05 bits per heavy atom. The van der Waals surface area contributed by atoms with E-state index in [-0.39, 0.29) is 5.56 Å². The first-order chi connectivity index (χ1) is 10.6. The van der Waals surface area contributed by atoms with E-state index >= 15 is 0 Å². The number of benzene rings is 1. The zero-order valence-electron chi connectivity index (χ0n) is 11.7. The normalized spacial score (nSPS) is 11.1. The Morgan fingerprint density at radius 3 is 2.77 bits per heavy atom. The predicted molar refractivity (Wildman–Crippen MR) is 78.9 cm³/mol. The number of carboxylic acids is 1. The summed E-state index contributed by atoms with van der Waals surface area (Å²) >= 11 is 0. The van der Waals surface area contributed by atoms with Crippen LogP contribution in [0.5, 0.6) is 0 Å². The van der Waals surface area contributed by atoms with Crippen LogP contribution < -0.4 is 0 Å². The number of nitrogens with zero attached hydrogens (tertiary/aromatic N) is 4. The molecule has 0 bridgehead atoms. The maximum Gasteiger partial charge on any atom is 0.335 e. The first-order valence-electron chi connectivity index (χ1n) is 6.47. The molecule has 0 spiro atoms. The molecule has 110 valence electrons. The fraction of sp³-hybridized carbons (Fsp3) is 0.0667. The molecule has 3 aromatic rings. The smallest absolute Gasteiger partial charge is 0.335 e. The molecule has 22 heavy (non-hydrogen) atoms. The van der Waals surface area contributed by atoms with E-state index in [2.05, 4.69) is 15.3 Å². The van der Waals surface area contributed by atoms with Gasteiger partial charge in [0.25, 0.3) is 0 Å². The van der Waals surface area contributed by atoms with Crippen molar-refractivity contribution in [2.45, 2.75) is 6.92 Å². The Bertz CT molecular complexity index is 834. The van der Waals surface area contributed by atoms with Gasteiger partial charge in [0.05, 0.1) is 11.8 Å². The summed E-state index contributed by atoms with van der Waals surface area (Å²) in [7, 11) is 0. The van der Waals surface area contributed by atoms with Gasteiger partial charge in [0.1, 0.15) is 24.2 Å². The van der Waals surface area contributed by atoms with Gasteiger partial charge in [-0.2, -0.15) is 5.10 Å². The van der Waals surface area contributed by atoms with E-state index in [0.717, 1.165) is 5.56 Å². The number of hydrogen-bond acceptors (Lipinski definition) is 5. The summed E-state index contributed by atoms with van der Waals surface area (Å²) in [5.41, 5.74) is 1.66. The van der Waals surface area contributed by atoms with Crippen LogP contribution in [0.2, 0.25) is 0 Å². The SMILES string of the molecule is Cc1c(C(=O)O)cccc1-c1ccc(C=Nn2cnnc2)o1. The monoisotopic (exact) mass is 296 g/mol. The molecule has 2 aromatic heterocycles. The van der Waals surface area contributed by atoms with Crippen LogP contribution in [0, 0.1) is 6.92 Å². The van der Waals surface area contributed by atoms with E-state index in [0.29, 0.717) is 17.1 Å². The first kappa shape index (κ1) is 13.7. The zero-order valence-corrected chi connectivity index (χ0v) is 11.7. The Labute approximate surface area is 125 Å². The number of furan rings is 1. The van der Waals surface area contributed by atoms with Crippen molar-refractivity contribution in [2.75, 3.05) is 0 Å². The number of rotatable bonds is 4. The van der Waals surface area contributed by atoms with Crippen molar-refractivity contribution < 1.29 is 14.3 Å². The van der Waals surface area contributed by atoms with E-state index in [4.69, 9.17) is 9.52 Å². The second kappa shape index (κ2) is 5.65. The van der Waals surface area contributed by atoms with Crippen LogP contribution in [0.15, 0.2) is 52.5 Å². The standard InChI is InChI=1S/C15H12N4O3/c1-10-12(3-2-4-13(10)15(20)21)14-6-5-11(22-14)7-18-19-8-16-17-9-19/h2-9H,1H3,(H,20,21). The Balaban J connectivity index is 1.91. The van der Waals surface area contributed by atoms with E-state index in [1.807, 2.05) is 6.07 Å². The molecule has 1 aromatic carbocycles. The maximum absolute atomic E-state index is 11.2. The summed E-state index contributed by atoms with van der Waals surface area (Å²) in [6, 6.07) is 8.62. The lowest BCUT2D eigenvalue weighted by Gasteiger charge is -2.05. The second-order valence-electron chi connectivity index (χ2n) is 4.57. The molecule has 0 amide bonds. The third-order valence-electron chi connectivity index (χ3n) is 3.18. The lowest BCUT2D eigenvalue weighted by atomic mass is 10.0. The minimum atomic E-state index is -0.958. The number of aromatic carboxylic acids is 1. The minimum absolute atomic E-state index is 0.258. The molecular formula is C15H12N4O3. The number of hydrogen-bond donors (Lipinski definition) is 1. The fourth-order valence-electron chi connectivity index (χ4n) is 2.08. The molecule has 0 atom stereocenters. The molecule has 2 heterocycles. The summed E-state index contributed by atoms with van der Waals surface area (Å²) < 4.78 is 7.13. The molecule has 0 aliphatic heterocycles. The van der Waals surface area contributed by atoms with Gasteiger partial charge < -0.3 is 9.52 Å². The molecule has 0 unspecified atom stereocenters. The van der Waals surface area contributed by atoms with Crippen LogP contribution in [0.25, 0.3) is 11.3 Å². The molecule has 0 aliphatic rings. The largest absolute Gasteiger partial charge is 0.478 e. The highest BCUT2D eigenvalue weighted by molar-refractivity contribution is 5.91. The highest BCUT2D eigenvalue weighted by Crippen LogP contribution is 2.27. The predicted octanol–water partition coefficient (Wildman–Crippen LogP) is 2.43. The molecule has 1 N–H and O–H groups in total. The van der Waals surface area contributed by atoms with Crippen molar-refractivity contribution in [1.29, 1.82) is 0 Å².